The van der Waals surface area contributed by atoms with E-state index in [9.17, 15) is 9.59 Å². The molecule has 0 heterocycles. The maximum atomic E-state index is 11.6. The Labute approximate surface area is 111 Å². The number of nitrogens with one attached hydrogen (secondary N) is 1. The third-order valence-electron chi connectivity index (χ3n) is 2.45. The highest BCUT2D eigenvalue weighted by Gasteiger charge is 2.16. The number of para-hydroxylation sites is 1. The van der Waals surface area contributed by atoms with Crippen molar-refractivity contribution in [1.82, 2.24) is 10.2 Å². The van der Waals surface area contributed by atoms with E-state index in [1.807, 2.05) is 0 Å². The van der Waals surface area contributed by atoms with Gasteiger partial charge in [0, 0.05) is 13.6 Å². The number of urea groups is 1. The number of carbonyl (C=O) groups excluding carboxylic acids is 2. The maximum absolute atomic E-state index is 11.6. The lowest BCUT2D eigenvalue weighted by atomic mass is 10.2. The van der Waals surface area contributed by atoms with Gasteiger partial charge in [-0.05, 0) is 5.56 Å². The number of benzene rings is 1. The molecule has 0 atom stereocenters. The van der Waals surface area contributed by atoms with E-state index < -0.39 is 11.9 Å². The number of imide groups is 1. The number of nitriles is 1. The van der Waals surface area contributed by atoms with Gasteiger partial charge in [0.1, 0.15) is 6.42 Å². The van der Waals surface area contributed by atoms with E-state index in [0.29, 0.717) is 11.3 Å². The third-order valence-corrected chi connectivity index (χ3v) is 2.45. The van der Waals surface area contributed by atoms with Crippen LogP contribution in [-0.2, 0) is 11.3 Å². The van der Waals surface area contributed by atoms with E-state index in [2.05, 4.69) is 10.2 Å². The Kier molecular flexibility index (Phi) is 5.06. The van der Waals surface area contributed by atoms with E-state index in [1.54, 1.807) is 30.3 Å². The molecule has 6 nitrogen and oxygen atoms in total. The minimum Gasteiger partial charge on any atom is -0.335 e. The number of hydrogen-bond donors (Lipinski definition) is 1. The summed E-state index contributed by atoms with van der Waals surface area (Å²) >= 11 is 0. The Morgan fingerprint density at radius 3 is 2.79 bits per heavy atom. The summed E-state index contributed by atoms with van der Waals surface area (Å²) in [6, 6.07) is 7.97. The van der Waals surface area contributed by atoms with Crippen LogP contribution in [0.15, 0.2) is 24.3 Å². The molecule has 0 aliphatic heterocycles. The van der Waals surface area contributed by atoms with Crippen LogP contribution in [0.2, 0.25) is 0 Å². The van der Waals surface area contributed by atoms with E-state index in [1.165, 1.54) is 7.05 Å². The molecule has 1 rings (SSSR count). The van der Waals surface area contributed by atoms with Crippen LogP contribution < -0.4 is 5.32 Å². The van der Waals surface area contributed by atoms with Crippen molar-refractivity contribution in [2.75, 3.05) is 7.05 Å². The fourth-order valence-corrected chi connectivity index (χ4v) is 1.36. The standard InChI is InChI=1S/C13H12N4O2/c1-15-11-6-4-3-5-10(11)9-16-13(19)17(2)12(18)7-8-14/h3-6H,7,9H2,2H3,(H,16,19). The first-order chi connectivity index (χ1) is 9.10. The zero-order valence-corrected chi connectivity index (χ0v) is 10.4. The van der Waals surface area contributed by atoms with Gasteiger partial charge in [0.05, 0.1) is 12.6 Å². The second-order valence-electron chi connectivity index (χ2n) is 3.69. The molecule has 0 spiro atoms. The summed E-state index contributed by atoms with van der Waals surface area (Å²) in [6.07, 6.45) is -0.345. The van der Waals surface area contributed by atoms with Crippen molar-refractivity contribution in [2.24, 2.45) is 0 Å². The molecule has 0 saturated carbocycles. The molecule has 1 aromatic rings. The molecule has 0 aliphatic rings. The van der Waals surface area contributed by atoms with Gasteiger partial charge in [0.15, 0.2) is 5.69 Å². The zero-order valence-electron chi connectivity index (χ0n) is 10.4. The van der Waals surface area contributed by atoms with Gasteiger partial charge in [0.2, 0.25) is 5.91 Å². The fourth-order valence-electron chi connectivity index (χ4n) is 1.36. The molecular weight excluding hydrogens is 244 g/mol. The van der Waals surface area contributed by atoms with E-state index in [-0.39, 0.29) is 13.0 Å². The average molecular weight is 256 g/mol. The van der Waals surface area contributed by atoms with Crippen LogP contribution in [0.1, 0.15) is 12.0 Å². The van der Waals surface area contributed by atoms with E-state index >= 15 is 0 Å². The Morgan fingerprint density at radius 1 is 1.47 bits per heavy atom. The largest absolute Gasteiger partial charge is 0.335 e. The predicted molar refractivity (Wildman–Crippen MR) is 67.9 cm³/mol. The van der Waals surface area contributed by atoms with Gasteiger partial charge in [0.25, 0.3) is 0 Å². The second kappa shape index (κ2) is 6.77. The molecule has 0 unspecified atom stereocenters. The lowest BCUT2D eigenvalue weighted by Crippen LogP contribution is -2.40. The van der Waals surface area contributed by atoms with Crippen molar-refractivity contribution in [2.45, 2.75) is 13.0 Å². The number of amides is 3. The summed E-state index contributed by atoms with van der Waals surface area (Å²) in [7, 11) is 1.30. The van der Waals surface area contributed by atoms with Crippen molar-refractivity contribution >= 4 is 17.6 Å². The Hall–Kier alpha value is -2.86. The van der Waals surface area contributed by atoms with Gasteiger partial charge >= 0.3 is 6.03 Å². The first kappa shape index (κ1) is 14.2. The Balaban J connectivity index is 2.63. The highest BCUT2D eigenvalue weighted by atomic mass is 16.2. The second-order valence-corrected chi connectivity index (χ2v) is 3.69. The van der Waals surface area contributed by atoms with Crippen molar-refractivity contribution in [3.63, 3.8) is 0 Å². The van der Waals surface area contributed by atoms with E-state index in [0.717, 1.165) is 4.90 Å². The van der Waals surface area contributed by atoms with E-state index in [4.69, 9.17) is 11.8 Å². The first-order valence-electron chi connectivity index (χ1n) is 5.47. The average Bonchev–Trinajstić information content (AvgIpc) is 2.44. The van der Waals surface area contributed by atoms with Gasteiger partial charge in [-0.3, -0.25) is 9.69 Å². The lowest BCUT2D eigenvalue weighted by molar-refractivity contribution is -0.126. The minimum atomic E-state index is -0.597. The Morgan fingerprint density at radius 2 is 2.16 bits per heavy atom. The molecular formula is C13H12N4O2. The normalized spacial score (nSPS) is 9.00. The molecule has 0 bridgehead atoms. The van der Waals surface area contributed by atoms with Crippen molar-refractivity contribution < 1.29 is 9.59 Å². The minimum absolute atomic E-state index is 0.154. The topological polar surface area (TPSA) is 77.6 Å². The third kappa shape index (κ3) is 3.83. The summed E-state index contributed by atoms with van der Waals surface area (Å²) in [5, 5.41) is 10.9. The highest BCUT2D eigenvalue weighted by Crippen LogP contribution is 2.17. The molecule has 3 amide bonds. The number of nitrogens with zero attached hydrogens (tertiary/aromatic N) is 3. The van der Waals surface area contributed by atoms with Crippen molar-refractivity contribution in [3.05, 3.63) is 41.2 Å². The summed E-state index contributed by atoms with van der Waals surface area (Å²) in [5.74, 6) is -0.571. The van der Waals surface area contributed by atoms with Crippen LogP contribution in [0, 0.1) is 17.9 Å². The maximum Gasteiger partial charge on any atom is 0.324 e. The molecule has 96 valence electrons. The predicted octanol–water partition coefficient (Wildman–Crippen LogP) is 1.82. The first-order valence-corrected chi connectivity index (χ1v) is 5.47. The summed E-state index contributed by atoms with van der Waals surface area (Å²) in [6.45, 7) is 7.14. The number of carbonyl (C=O) groups is 2. The summed E-state index contributed by atoms with van der Waals surface area (Å²) < 4.78 is 0. The molecule has 1 N–H and O–H groups in total. The van der Waals surface area contributed by atoms with Crippen LogP contribution in [0.25, 0.3) is 4.85 Å². The fraction of sp³-hybridized carbons (Fsp3) is 0.231. The van der Waals surface area contributed by atoms with Crippen LogP contribution in [0.3, 0.4) is 0 Å². The summed E-state index contributed by atoms with van der Waals surface area (Å²) in [5.41, 5.74) is 1.13. The monoisotopic (exact) mass is 256 g/mol. The SMILES string of the molecule is [C-]#[N+]c1ccccc1CNC(=O)N(C)C(=O)CC#N. The number of rotatable bonds is 3. The molecule has 19 heavy (non-hydrogen) atoms. The van der Waals surface area contributed by atoms with Crippen LogP contribution >= 0.6 is 0 Å². The van der Waals surface area contributed by atoms with Crippen molar-refractivity contribution in [1.29, 1.82) is 5.26 Å². The van der Waals surface area contributed by atoms with Crippen LogP contribution in [0.4, 0.5) is 10.5 Å². The molecule has 1 aromatic carbocycles. The van der Waals surface area contributed by atoms with Crippen molar-refractivity contribution in [3.8, 4) is 6.07 Å². The van der Waals surface area contributed by atoms with Gasteiger partial charge in [-0.25, -0.2) is 9.64 Å². The molecule has 0 fully saturated rings. The molecule has 0 aromatic heterocycles. The summed E-state index contributed by atoms with van der Waals surface area (Å²) in [4.78, 5) is 27.1. The number of hydrogen-bond acceptors (Lipinski definition) is 3. The molecule has 0 radical (unpaired) electrons. The quantitative estimate of drug-likeness (QED) is 0.838. The van der Waals surface area contributed by atoms with Gasteiger partial charge < -0.3 is 5.32 Å². The smallest absolute Gasteiger partial charge is 0.324 e. The van der Waals surface area contributed by atoms with Gasteiger partial charge in [-0.2, -0.15) is 5.26 Å². The van der Waals surface area contributed by atoms with Crippen LogP contribution in [0.5, 0.6) is 0 Å². The van der Waals surface area contributed by atoms with Gasteiger partial charge in [-0.15, -0.1) is 0 Å². The molecule has 0 saturated heterocycles. The molecule has 6 heteroatoms. The highest BCUT2D eigenvalue weighted by molar-refractivity contribution is 5.94. The van der Waals surface area contributed by atoms with Gasteiger partial charge in [-0.1, -0.05) is 24.3 Å². The Bertz CT molecular complexity index is 569. The molecule has 0 aliphatic carbocycles. The zero-order chi connectivity index (χ0) is 14.3. The van der Waals surface area contributed by atoms with Crippen LogP contribution in [-0.4, -0.2) is 23.9 Å². The lowest BCUT2D eigenvalue weighted by Gasteiger charge is -2.15.